The number of aliphatic imine (C=N–C) groups is 1. The van der Waals surface area contributed by atoms with Crippen molar-refractivity contribution in [2.75, 3.05) is 0 Å². The molecule has 0 aliphatic rings. The topological polar surface area (TPSA) is 81.5 Å². The average molecular weight is 438 g/mol. The highest BCUT2D eigenvalue weighted by Crippen LogP contribution is 2.31. The number of nitrogens with zero attached hydrogens (tertiary/aromatic N) is 3. The van der Waals surface area contributed by atoms with E-state index < -0.39 is 4.92 Å². The van der Waals surface area contributed by atoms with E-state index in [2.05, 4.69) is 9.98 Å². The van der Waals surface area contributed by atoms with Crippen LogP contribution in [0.25, 0.3) is 28.6 Å². The van der Waals surface area contributed by atoms with Crippen molar-refractivity contribution in [3.8, 4) is 11.5 Å². The summed E-state index contributed by atoms with van der Waals surface area (Å²) in [5.41, 5.74) is 3.65. The number of allylic oxidation sites excluding steroid dienone is 1. The number of nitro benzene ring substituents is 1. The summed E-state index contributed by atoms with van der Waals surface area (Å²) in [4.78, 5) is 19.1. The summed E-state index contributed by atoms with van der Waals surface area (Å²) < 4.78 is 5.79. The zero-order chi connectivity index (χ0) is 21.1. The van der Waals surface area contributed by atoms with Crippen LogP contribution in [0.1, 0.15) is 5.56 Å². The maximum Gasteiger partial charge on any atom is 0.269 e. The third-order valence-corrected chi connectivity index (χ3v) is 4.98. The van der Waals surface area contributed by atoms with Gasteiger partial charge in [-0.25, -0.2) is 4.98 Å². The molecule has 0 unspecified atom stereocenters. The van der Waals surface area contributed by atoms with Crippen molar-refractivity contribution in [1.82, 2.24) is 4.98 Å². The molecule has 0 atom stereocenters. The van der Waals surface area contributed by atoms with Crippen molar-refractivity contribution in [2.24, 2.45) is 4.99 Å². The summed E-state index contributed by atoms with van der Waals surface area (Å²) in [7, 11) is 0. The molecule has 6 nitrogen and oxygen atoms in total. The molecule has 0 aliphatic carbocycles. The minimum Gasteiger partial charge on any atom is -0.436 e. The molecule has 0 radical (unpaired) electrons. The van der Waals surface area contributed by atoms with E-state index in [1.165, 1.54) is 12.1 Å². The van der Waals surface area contributed by atoms with Crippen LogP contribution in [0.5, 0.6) is 0 Å². The summed E-state index contributed by atoms with van der Waals surface area (Å²) >= 11 is 12.0. The minimum absolute atomic E-state index is 0.0574. The molecule has 4 aromatic rings. The van der Waals surface area contributed by atoms with Crippen molar-refractivity contribution >= 4 is 58.0 Å². The summed E-state index contributed by atoms with van der Waals surface area (Å²) in [6.45, 7) is 0. The van der Waals surface area contributed by atoms with Gasteiger partial charge in [-0.15, -0.1) is 0 Å². The van der Waals surface area contributed by atoms with E-state index in [1.54, 1.807) is 48.7 Å². The lowest BCUT2D eigenvalue weighted by Gasteiger charge is -1.97. The van der Waals surface area contributed by atoms with Crippen molar-refractivity contribution in [1.29, 1.82) is 0 Å². The van der Waals surface area contributed by atoms with Gasteiger partial charge in [0.2, 0.25) is 5.89 Å². The van der Waals surface area contributed by atoms with E-state index >= 15 is 0 Å². The van der Waals surface area contributed by atoms with E-state index in [0.29, 0.717) is 32.7 Å². The van der Waals surface area contributed by atoms with Crippen LogP contribution >= 0.6 is 23.2 Å². The molecule has 0 saturated carbocycles. The zero-order valence-corrected chi connectivity index (χ0v) is 16.8. The molecule has 1 aromatic heterocycles. The van der Waals surface area contributed by atoms with Crippen molar-refractivity contribution < 1.29 is 9.34 Å². The van der Waals surface area contributed by atoms with Gasteiger partial charge in [-0.3, -0.25) is 15.1 Å². The highest BCUT2D eigenvalue weighted by Gasteiger charge is 2.10. The first-order valence-electron chi connectivity index (χ1n) is 8.81. The Kier molecular flexibility index (Phi) is 5.61. The second kappa shape index (κ2) is 8.49. The van der Waals surface area contributed by atoms with Crippen LogP contribution in [0.15, 0.2) is 76.1 Å². The molecule has 148 valence electrons. The van der Waals surface area contributed by atoms with Crippen LogP contribution in [-0.2, 0) is 0 Å². The first kappa shape index (κ1) is 19.8. The number of non-ortho nitro benzene ring substituents is 1. The number of benzene rings is 3. The molecule has 3 aromatic carbocycles. The van der Waals surface area contributed by atoms with E-state index in [-0.39, 0.29) is 5.69 Å². The second-order valence-corrected chi connectivity index (χ2v) is 7.10. The van der Waals surface area contributed by atoms with Gasteiger partial charge in [0, 0.05) is 23.9 Å². The smallest absolute Gasteiger partial charge is 0.269 e. The van der Waals surface area contributed by atoms with E-state index in [9.17, 15) is 10.1 Å². The fourth-order valence-corrected chi connectivity index (χ4v) is 3.04. The number of rotatable bonds is 5. The van der Waals surface area contributed by atoms with Gasteiger partial charge in [0.05, 0.1) is 20.7 Å². The molecular formula is C22H13Cl2N3O3. The van der Waals surface area contributed by atoms with Crippen molar-refractivity contribution in [3.63, 3.8) is 0 Å². The normalized spacial score (nSPS) is 11.7. The van der Waals surface area contributed by atoms with Gasteiger partial charge in [0.25, 0.3) is 5.69 Å². The number of fused-ring (bicyclic) bond motifs is 1. The zero-order valence-electron chi connectivity index (χ0n) is 15.3. The molecule has 30 heavy (non-hydrogen) atoms. The number of halogens is 2. The van der Waals surface area contributed by atoms with Crippen molar-refractivity contribution in [2.45, 2.75) is 0 Å². The molecule has 1 heterocycles. The quantitative estimate of drug-likeness (QED) is 0.189. The highest BCUT2D eigenvalue weighted by atomic mass is 35.5. The molecule has 0 amide bonds. The molecule has 0 aliphatic heterocycles. The maximum atomic E-state index is 10.7. The summed E-state index contributed by atoms with van der Waals surface area (Å²) in [6.07, 6.45) is 5.21. The average Bonchev–Trinajstić information content (AvgIpc) is 3.17. The fraction of sp³-hybridized carbons (Fsp3) is 0. The fourth-order valence-electron chi connectivity index (χ4n) is 2.74. The Hall–Kier alpha value is -3.48. The van der Waals surface area contributed by atoms with Gasteiger partial charge < -0.3 is 4.42 Å². The van der Waals surface area contributed by atoms with Crippen LogP contribution in [0.4, 0.5) is 11.4 Å². The molecule has 0 bridgehead atoms. The Bertz CT molecular complexity index is 1290. The van der Waals surface area contributed by atoms with Gasteiger partial charge >= 0.3 is 0 Å². The lowest BCUT2D eigenvalue weighted by molar-refractivity contribution is -0.384. The van der Waals surface area contributed by atoms with Gasteiger partial charge in [0.15, 0.2) is 5.58 Å². The Labute approximate surface area is 181 Å². The standard InChI is InChI=1S/C22H13Cl2N3O3/c23-18-9-5-15(12-19(18)24)22-26-20-13-16(6-10-21(20)30-22)25-11-1-2-14-3-7-17(8-4-14)27(28)29/h1-13H. The van der Waals surface area contributed by atoms with Crippen molar-refractivity contribution in [3.05, 3.63) is 92.5 Å². The Morgan fingerprint density at radius 3 is 2.53 bits per heavy atom. The van der Waals surface area contributed by atoms with E-state index in [1.807, 2.05) is 18.2 Å². The molecule has 4 rings (SSSR count). The van der Waals surface area contributed by atoms with Crippen LogP contribution in [0.3, 0.4) is 0 Å². The second-order valence-electron chi connectivity index (χ2n) is 6.29. The van der Waals surface area contributed by atoms with Crippen LogP contribution in [0, 0.1) is 10.1 Å². The third-order valence-electron chi connectivity index (χ3n) is 4.24. The number of oxazole rings is 1. The Balaban J connectivity index is 1.50. The summed E-state index contributed by atoms with van der Waals surface area (Å²) in [5, 5.41) is 11.6. The van der Waals surface area contributed by atoms with E-state index in [0.717, 1.165) is 11.1 Å². The van der Waals surface area contributed by atoms with Crippen LogP contribution < -0.4 is 0 Å². The van der Waals surface area contributed by atoms with E-state index in [4.69, 9.17) is 27.6 Å². The number of hydrogen-bond donors (Lipinski definition) is 0. The lowest BCUT2D eigenvalue weighted by atomic mass is 10.2. The van der Waals surface area contributed by atoms with Gasteiger partial charge in [-0.05, 0) is 60.2 Å². The number of nitro groups is 1. The Morgan fingerprint density at radius 1 is 1.00 bits per heavy atom. The van der Waals surface area contributed by atoms with Gasteiger partial charge in [-0.1, -0.05) is 29.3 Å². The SMILES string of the molecule is O=[N+]([O-])c1ccc(C=CC=Nc2ccc3oc(-c4ccc(Cl)c(Cl)c4)nc3c2)cc1. The highest BCUT2D eigenvalue weighted by molar-refractivity contribution is 6.42. The van der Waals surface area contributed by atoms with Gasteiger partial charge in [-0.2, -0.15) is 0 Å². The number of aromatic nitrogens is 1. The molecular weight excluding hydrogens is 425 g/mol. The molecule has 0 saturated heterocycles. The molecule has 0 N–H and O–H groups in total. The first-order chi connectivity index (χ1) is 14.5. The largest absolute Gasteiger partial charge is 0.436 e. The summed E-state index contributed by atoms with van der Waals surface area (Å²) in [5.74, 6) is 0.447. The third kappa shape index (κ3) is 4.40. The number of hydrogen-bond acceptors (Lipinski definition) is 5. The maximum absolute atomic E-state index is 10.7. The lowest BCUT2D eigenvalue weighted by Crippen LogP contribution is -1.86. The molecule has 0 fully saturated rings. The molecule has 8 heteroatoms. The Morgan fingerprint density at radius 2 is 1.80 bits per heavy atom. The van der Waals surface area contributed by atoms with Crippen LogP contribution in [0.2, 0.25) is 10.0 Å². The predicted octanol–water partition coefficient (Wildman–Crippen LogP) is 7.13. The first-order valence-corrected chi connectivity index (χ1v) is 9.56. The van der Waals surface area contributed by atoms with Crippen LogP contribution in [-0.4, -0.2) is 16.1 Å². The summed E-state index contributed by atoms with van der Waals surface area (Å²) in [6, 6.07) is 16.9. The predicted molar refractivity (Wildman–Crippen MR) is 120 cm³/mol. The van der Waals surface area contributed by atoms with Gasteiger partial charge in [0.1, 0.15) is 5.52 Å². The minimum atomic E-state index is -0.429. The monoisotopic (exact) mass is 437 g/mol. The molecule has 0 spiro atoms.